The number of aliphatic carboxylic acids is 1. The van der Waals surface area contributed by atoms with Crippen LogP contribution in [0.25, 0.3) is 0 Å². The number of ether oxygens (including phenoxy) is 1. The van der Waals surface area contributed by atoms with Crippen molar-refractivity contribution in [3.8, 4) is 0 Å². The molecule has 2 aliphatic rings. The molecule has 0 aromatic rings. The summed E-state index contributed by atoms with van der Waals surface area (Å²) in [5, 5.41) is 11.5. The first-order valence-electron chi connectivity index (χ1n) is 7.44. The zero-order valence-electron chi connectivity index (χ0n) is 12.2. The summed E-state index contributed by atoms with van der Waals surface area (Å²) in [4.78, 5) is 36.0. The number of esters is 1. The van der Waals surface area contributed by atoms with E-state index in [-0.39, 0.29) is 37.0 Å². The Hall–Kier alpha value is -1.79. The van der Waals surface area contributed by atoms with Gasteiger partial charge in [0.2, 0.25) is 0 Å². The van der Waals surface area contributed by atoms with Gasteiger partial charge in [0.25, 0.3) is 0 Å². The maximum atomic E-state index is 12.2. The molecule has 7 heteroatoms. The number of carboxylic acid groups (broad SMARTS) is 1. The van der Waals surface area contributed by atoms with Crippen molar-refractivity contribution in [2.24, 2.45) is 5.92 Å². The second-order valence-corrected chi connectivity index (χ2v) is 5.69. The monoisotopic (exact) mass is 298 g/mol. The lowest BCUT2D eigenvalue weighted by atomic mass is 9.88. The van der Waals surface area contributed by atoms with Gasteiger partial charge >= 0.3 is 18.0 Å². The van der Waals surface area contributed by atoms with Gasteiger partial charge in [0.05, 0.1) is 6.61 Å². The number of carbonyl (C=O) groups excluding carboxylic acids is 2. The third kappa shape index (κ3) is 3.86. The van der Waals surface area contributed by atoms with Gasteiger partial charge in [-0.15, -0.1) is 0 Å². The standard InChI is InChI=1S/C14H22N2O5/c1-2-21-13(19)8-15-14(20)16-10-3-4-11(16)6-9(5-10)7-12(17)18/h9-11H,2-8H2,1H3,(H,15,20)(H,17,18). The molecule has 0 aliphatic carbocycles. The minimum absolute atomic E-state index is 0.0929. The number of piperidine rings is 1. The maximum Gasteiger partial charge on any atom is 0.325 e. The highest BCUT2D eigenvalue weighted by molar-refractivity contribution is 5.81. The quantitative estimate of drug-likeness (QED) is 0.737. The molecule has 2 atom stereocenters. The van der Waals surface area contributed by atoms with E-state index >= 15 is 0 Å². The molecular weight excluding hydrogens is 276 g/mol. The highest BCUT2D eigenvalue weighted by atomic mass is 16.5. The first kappa shape index (κ1) is 15.6. The number of amides is 2. The van der Waals surface area contributed by atoms with Gasteiger partial charge in [-0.3, -0.25) is 9.59 Å². The average Bonchev–Trinajstić information content (AvgIpc) is 2.67. The van der Waals surface area contributed by atoms with Crippen molar-refractivity contribution >= 4 is 18.0 Å². The molecule has 0 radical (unpaired) electrons. The van der Waals surface area contributed by atoms with Crippen LogP contribution in [0.4, 0.5) is 4.79 Å². The number of hydrogen-bond donors (Lipinski definition) is 2. The number of carbonyl (C=O) groups is 3. The molecule has 2 aliphatic heterocycles. The van der Waals surface area contributed by atoms with Crippen molar-refractivity contribution in [3.05, 3.63) is 0 Å². The summed E-state index contributed by atoms with van der Waals surface area (Å²) in [7, 11) is 0. The summed E-state index contributed by atoms with van der Waals surface area (Å²) < 4.78 is 4.77. The molecule has 0 aromatic heterocycles. The van der Waals surface area contributed by atoms with Crippen LogP contribution >= 0.6 is 0 Å². The van der Waals surface area contributed by atoms with E-state index in [2.05, 4.69) is 5.32 Å². The Balaban J connectivity index is 1.86. The van der Waals surface area contributed by atoms with E-state index in [1.165, 1.54) is 0 Å². The molecule has 0 spiro atoms. The average molecular weight is 298 g/mol. The highest BCUT2D eigenvalue weighted by Crippen LogP contribution is 2.39. The van der Waals surface area contributed by atoms with Crippen LogP contribution in [-0.4, -0.2) is 53.2 Å². The number of urea groups is 1. The molecule has 2 bridgehead atoms. The second-order valence-electron chi connectivity index (χ2n) is 5.69. The van der Waals surface area contributed by atoms with Crippen molar-refractivity contribution in [3.63, 3.8) is 0 Å². The van der Waals surface area contributed by atoms with E-state index in [1.54, 1.807) is 11.8 Å². The van der Waals surface area contributed by atoms with Crippen molar-refractivity contribution in [1.29, 1.82) is 0 Å². The second kappa shape index (κ2) is 6.78. The van der Waals surface area contributed by atoms with Crippen molar-refractivity contribution in [1.82, 2.24) is 10.2 Å². The number of fused-ring (bicyclic) bond motifs is 2. The maximum absolute atomic E-state index is 12.2. The van der Waals surface area contributed by atoms with Crippen LogP contribution in [0.2, 0.25) is 0 Å². The lowest BCUT2D eigenvalue weighted by Gasteiger charge is -2.38. The number of carboxylic acids is 1. The normalized spacial score (nSPS) is 27.3. The van der Waals surface area contributed by atoms with Gasteiger partial charge in [0.15, 0.2) is 0 Å². The molecule has 0 saturated carbocycles. The van der Waals surface area contributed by atoms with Crippen molar-refractivity contribution in [2.75, 3.05) is 13.2 Å². The largest absolute Gasteiger partial charge is 0.481 e. The predicted octanol–water partition coefficient (Wildman–Crippen LogP) is 0.977. The minimum Gasteiger partial charge on any atom is -0.481 e. The van der Waals surface area contributed by atoms with Gasteiger partial charge in [-0.2, -0.15) is 0 Å². The van der Waals surface area contributed by atoms with E-state index in [4.69, 9.17) is 9.84 Å². The Morgan fingerprint density at radius 2 is 1.86 bits per heavy atom. The number of hydrogen-bond acceptors (Lipinski definition) is 4. The lowest BCUT2D eigenvalue weighted by molar-refractivity contribution is -0.142. The van der Waals surface area contributed by atoms with Crippen molar-refractivity contribution < 1.29 is 24.2 Å². The Morgan fingerprint density at radius 3 is 2.38 bits per heavy atom. The van der Waals surface area contributed by atoms with Crippen LogP contribution in [0.1, 0.15) is 39.0 Å². The summed E-state index contributed by atoms with van der Waals surface area (Å²) in [6.07, 6.45) is 3.46. The Labute approximate surface area is 123 Å². The molecule has 118 valence electrons. The topological polar surface area (TPSA) is 95.9 Å². The molecule has 2 N–H and O–H groups in total. The van der Waals surface area contributed by atoms with E-state index in [1.807, 2.05) is 0 Å². The van der Waals surface area contributed by atoms with Crippen LogP contribution in [0.5, 0.6) is 0 Å². The Bertz CT molecular complexity index is 412. The van der Waals surface area contributed by atoms with E-state index in [0.717, 1.165) is 25.7 Å². The van der Waals surface area contributed by atoms with Crippen LogP contribution in [0.15, 0.2) is 0 Å². The first-order valence-corrected chi connectivity index (χ1v) is 7.44. The fourth-order valence-electron chi connectivity index (χ4n) is 3.49. The van der Waals surface area contributed by atoms with E-state index < -0.39 is 11.9 Å². The SMILES string of the molecule is CCOC(=O)CNC(=O)N1C2CCC1CC(CC(=O)O)C2. The van der Waals surface area contributed by atoms with Crippen LogP contribution < -0.4 is 5.32 Å². The first-order chi connectivity index (χ1) is 10.0. The zero-order chi connectivity index (χ0) is 15.4. The van der Waals surface area contributed by atoms with Gasteiger partial charge in [0, 0.05) is 18.5 Å². The fourth-order valence-corrected chi connectivity index (χ4v) is 3.49. The molecule has 2 fully saturated rings. The van der Waals surface area contributed by atoms with Gasteiger partial charge in [-0.05, 0) is 38.5 Å². The smallest absolute Gasteiger partial charge is 0.325 e. The number of nitrogens with one attached hydrogen (secondary N) is 1. The molecule has 2 unspecified atom stereocenters. The van der Waals surface area contributed by atoms with Gasteiger partial charge in [-0.1, -0.05) is 0 Å². The molecule has 21 heavy (non-hydrogen) atoms. The molecule has 7 nitrogen and oxygen atoms in total. The van der Waals surface area contributed by atoms with Gasteiger partial charge < -0.3 is 20.1 Å². The summed E-state index contributed by atoms with van der Waals surface area (Å²) in [5.74, 6) is -1.08. The Morgan fingerprint density at radius 1 is 1.24 bits per heavy atom. The predicted molar refractivity (Wildman–Crippen MR) is 73.7 cm³/mol. The van der Waals surface area contributed by atoms with Gasteiger partial charge in [0.1, 0.15) is 6.54 Å². The summed E-state index contributed by atoms with van der Waals surface area (Å²) >= 11 is 0. The van der Waals surface area contributed by atoms with Crippen molar-refractivity contribution in [2.45, 2.75) is 51.1 Å². The molecule has 0 aromatic carbocycles. The lowest BCUT2D eigenvalue weighted by Crippen LogP contribution is -2.51. The molecule has 2 amide bonds. The van der Waals surface area contributed by atoms with E-state index in [0.29, 0.717) is 6.61 Å². The van der Waals surface area contributed by atoms with Crippen LogP contribution in [0.3, 0.4) is 0 Å². The molecular formula is C14H22N2O5. The third-order valence-electron chi connectivity index (χ3n) is 4.22. The summed E-state index contributed by atoms with van der Waals surface area (Å²) in [6.45, 7) is 1.88. The van der Waals surface area contributed by atoms with E-state index in [9.17, 15) is 14.4 Å². The third-order valence-corrected chi connectivity index (χ3v) is 4.22. The van der Waals surface area contributed by atoms with Crippen LogP contribution in [-0.2, 0) is 14.3 Å². The van der Waals surface area contributed by atoms with Gasteiger partial charge in [-0.25, -0.2) is 4.79 Å². The molecule has 2 rings (SSSR count). The van der Waals surface area contributed by atoms with Crippen LogP contribution in [0, 0.1) is 5.92 Å². The Kier molecular flexibility index (Phi) is 5.03. The summed E-state index contributed by atoms with van der Waals surface area (Å²) in [5.41, 5.74) is 0. The number of nitrogens with zero attached hydrogens (tertiary/aromatic N) is 1. The highest BCUT2D eigenvalue weighted by Gasteiger charge is 2.43. The fraction of sp³-hybridized carbons (Fsp3) is 0.786. The number of rotatable bonds is 5. The summed E-state index contributed by atoms with van der Waals surface area (Å²) in [6, 6.07) is -0.0603. The zero-order valence-corrected chi connectivity index (χ0v) is 12.2. The minimum atomic E-state index is -0.778. The molecule has 2 saturated heterocycles. The molecule has 2 heterocycles.